The molecule has 1 aromatic carbocycles. The van der Waals surface area contributed by atoms with Crippen LogP contribution in [-0.2, 0) is 12.5 Å². The molecule has 2 aromatic rings. The van der Waals surface area contributed by atoms with Gasteiger partial charge < -0.3 is 15.2 Å². The van der Waals surface area contributed by atoms with Gasteiger partial charge in [-0.05, 0) is 12.1 Å². The summed E-state index contributed by atoms with van der Waals surface area (Å²) in [6.07, 6.45) is 4.21. The van der Waals surface area contributed by atoms with Gasteiger partial charge in [-0.15, -0.1) is 0 Å². The zero-order chi connectivity index (χ0) is 18.3. The fourth-order valence-electron chi connectivity index (χ4n) is 1.79. The van der Waals surface area contributed by atoms with Crippen LogP contribution in [0.15, 0.2) is 53.7 Å². The Bertz CT molecular complexity index is 745. The zero-order valence-corrected chi connectivity index (χ0v) is 13.4. The van der Waals surface area contributed by atoms with E-state index >= 15 is 0 Å². The second kappa shape index (κ2) is 8.25. The molecule has 0 atom stereocenters. The minimum atomic E-state index is -2.94. The van der Waals surface area contributed by atoms with E-state index in [2.05, 4.69) is 20.4 Å². The number of aliphatic hydroxyl groups is 1. The predicted octanol–water partition coefficient (Wildman–Crippen LogP) is 3.44. The summed E-state index contributed by atoms with van der Waals surface area (Å²) in [5.41, 5.74) is 8.21. The van der Waals surface area contributed by atoms with Crippen molar-refractivity contribution in [1.29, 1.82) is 5.53 Å². The van der Waals surface area contributed by atoms with Crippen molar-refractivity contribution >= 4 is 5.69 Å². The molecule has 0 unspecified atom stereocenters. The Morgan fingerprint density at radius 1 is 1.40 bits per heavy atom. The lowest BCUT2D eigenvalue weighted by Crippen LogP contribution is -2.07. The van der Waals surface area contributed by atoms with Crippen LogP contribution in [0.2, 0.25) is 0 Å². The lowest BCUT2D eigenvalue weighted by molar-refractivity contribution is 0.0175. The van der Waals surface area contributed by atoms with Crippen molar-refractivity contribution in [3.8, 4) is 6.01 Å². The van der Waals surface area contributed by atoms with E-state index in [1.54, 1.807) is 6.07 Å². The highest BCUT2D eigenvalue weighted by Gasteiger charge is 2.23. The number of rotatable bonds is 8. The van der Waals surface area contributed by atoms with Gasteiger partial charge in [0.15, 0.2) is 0 Å². The van der Waals surface area contributed by atoms with Crippen molar-refractivity contribution in [2.45, 2.75) is 19.5 Å². The summed E-state index contributed by atoms with van der Waals surface area (Å²) < 4.78 is 31.9. The number of aliphatic hydroxyl groups excluding tert-OH is 1. The average molecular weight is 349 g/mol. The Hall–Kier alpha value is -2.94. The second-order valence-corrected chi connectivity index (χ2v) is 5.18. The molecule has 0 radical (unpaired) electrons. The smallest absolute Gasteiger partial charge is 0.316 e. The van der Waals surface area contributed by atoms with Gasteiger partial charge in [-0.2, -0.15) is 5.11 Å². The summed E-state index contributed by atoms with van der Waals surface area (Å²) in [5.74, 6) is -2.94. The Morgan fingerprint density at radius 2 is 2.12 bits per heavy atom. The minimum Gasteiger partial charge on any atom is -0.457 e. The SMILES string of the molecule is CC(F)(F)c1cccc(N/C=C(/COc2ncc(CO)cn2)N=N)c1. The van der Waals surface area contributed by atoms with Gasteiger partial charge in [-0.25, -0.2) is 24.3 Å². The van der Waals surface area contributed by atoms with Crippen molar-refractivity contribution in [2.75, 3.05) is 11.9 Å². The molecule has 0 amide bonds. The lowest BCUT2D eigenvalue weighted by atomic mass is 10.1. The van der Waals surface area contributed by atoms with E-state index in [4.69, 9.17) is 15.4 Å². The van der Waals surface area contributed by atoms with Crippen molar-refractivity contribution < 1.29 is 18.6 Å². The van der Waals surface area contributed by atoms with Crippen LogP contribution in [-0.4, -0.2) is 21.7 Å². The second-order valence-electron chi connectivity index (χ2n) is 5.18. The third kappa shape index (κ3) is 5.57. The van der Waals surface area contributed by atoms with Gasteiger partial charge in [-0.1, -0.05) is 12.1 Å². The number of alkyl halides is 2. The standard InChI is InChI=1S/C16H17F2N5O2/c1-16(17,18)12-3-2-4-13(5-12)20-8-14(23-19)10-25-15-21-6-11(9-24)7-22-15/h2-8,19-20,24H,9-10H2,1H3/b14-8-,23-19?. The van der Waals surface area contributed by atoms with Crippen LogP contribution in [0.1, 0.15) is 18.1 Å². The van der Waals surface area contributed by atoms with Crippen LogP contribution >= 0.6 is 0 Å². The first-order valence-corrected chi connectivity index (χ1v) is 7.28. The van der Waals surface area contributed by atoms with Crippen LogP contribution in [0.3, 0.4) is 0 Å². The maximum Gasteiger partial charge on any atom is 0.316 e. The Morgan fingerprint density at radius 3 is 2.72 bits per heavy atom. The van der Waals surface area contributed by atoms with E-state index in [1.165, 1.54) is 36.8 Å². The largest absolute Gasteiger partial charge is 0.457 e. The molecule has 7 nitrogen and oxygen atoms in total. The summed E-state index contributed by atoms with van der Waals surface area (Å²) >= 11 is 0. The van der Waals surface area contributed by atoms with E-state index in [9.17, 15) is 8.78 Å². The molecule has 0 aliphatic carbocycles. The van der Waals surface area contributed by atoms with Gasteiger partial charge >= 0.3 is 6.01 Å². The summed E-state index contributed by atoms with van der Waals surface area (Å²) in [4.78, 5) is 7.77. The minimum absolute atomic E-state index is 0.0689. The summed E-state index contributed by atoms with van der Waals surface area (Å²) in [7, 11) is 0. The molecule has 25 heavy (non-hydrogen) atoms. The maximum atomic E-state index is 13.3. The molecule has 1 heterocycles. The fourth-order valence-corrected chi connectivity index (χ4v) is 1.79. The number of halogens is 2. The first kappa shape index (κ1) is 18.4. The van der Waals surface area contributed by atoms with E-state index in [-0.39, 0.29) is 30.5 Å². The van der Waals surface area contributed by atoms with Crippen molar-refractivity contribution in [1.82, 2.24) is 9.97 Å². The van der Waals surface area contributed by atoms with E-state index in [0.717, 1.165) is 6.92 Å². The number of benzene rings is 1. The molecule has 0 bridgehead atoms. The number of aromatic nitrogens is 2. The number of nitrogens with one attached hydrogen (secondary N) is 2. The van der Waals surface area contributed by atoms with E-state index in [1.807, 2.05) is 0 Å². The molecule has 0 spiro atoms. The highest BCUT2D eigenvalue weighted by atomic mass is 19.3. The van der Waals surface area contributed by atoms with Gasteiger partial charge in [0, 0.05) is 42.3 Å². The molecule has 0 fully saturated rings. The molecule has 0 aliphatic rings. The van der Waals surface area contributed by atoms with Crippen LogP contribution < -0.4 is 10.1 Å². The topological polar surface area (TPSA) is 103 Å². The van der Waals surface area contributed by atoms with Gasteiger partial charge in [0.05, 0.1) is 6.61 Å². The highest BCUT2D eigenvalue weighted by Crippen LogP contribution is 2.28. The Kier molecular flexibility index (Phi) is 6.07. The highest BCUT2D eigenvalue weighted by molar-refractivity contribution is 5.49. The lowest BCUT2D eigenvalue weighted by Gasteiger charge is -2.12. The van der Waals surface area contributed by atoms with Crippen LogP contribution in [0.25, 0.3) is 0 Å². The quantitative estimate of drug-likeness (QED) is 0.633. The molecular formula is C16H17F2N5O2. The molecule has 3 N–H and O–H groups in total. The van der Waals surface area contributed by atoms with Crippen molar-refractivity contribution in [2.24, 2.45) is 5.11 Å². The van der Waals surface area contributed by atoms with Crippen molar-refractivity contribution in [3.63, 3.8) is 0 Å². The molecule has 1 aromatic heterocycles. The number of anilines is 1. The number of nitrogens with zero attached hydrogens (tertiary/aromatic N) is 3. The Labute approximate surface area is 142 Å². The van der Waals surface area contributed by atoms with Crippen LogP contribution in [0.4, 0.5) is 14.5 Å². The molecule has 0 aliphatic heterocycles. The van der Waals surface area contributed by atoms with Crippen LogP contribution in [0, 0.1) is 5.53 Å². The third-order valence-electron chi connectivity index (χ3n) is 3.13. The monoisotopic (exact) mass is 349 g/mol. The molecule has 0 saturated carbocycles. The summed E-state index contributed by atoms with van der Waals surface area (Å²) in [5, 5.41) is 15.0. The van der Waals surface area contributed by atoms with Gasteiger partial charge in [0.25, 0.3) is 5.92 Å². The zero-order valence-electron chi connectivity index (χ0n) is 13.4. The van der Waals surface area contributed by atoms with Gasteiger partial charge in [0.2, 0.25) is 0 Å². The van der Waals surface area contributed by atoms with Gasteiger partial charge in [-0.3, -0.25) is 0 Å². The number of ether oxygens (including phenoxy) is 1. The predicted molar refractivity (Wildman–Crippen MR) is 86.3 cm³/mol. The molecule has 9 heteroatoms. The first-order chi connectivity index (χ1) is 11.9. The van der Waals surface area contributed by atoms with Gasteiger partial charge in [0.1, 0.15) is 12.3 Å². The molecule has 0 saturated heterocycles. The number of hydrogen-bond acceptors (Lipinski definition) is 7. The van der Waals surface area contributed by atoms with Crippen LogP contribution in [0.5, 0.6) is 6.01 Å². The normalized spacial score (nSPS) is 11.9. The summed E-state index contributed by atoms with van der Waals surface area (Å²) in [6.45, 7) is 0.564. The van der Waals surface area contributed by atoms with E-state index in [0.29, 0.717) is 11.3 Å². The number of hydrogen-bond donors (Lipinski definition) is 3. The molecule has 2 rings (SSSR count). The van der Waals surface area contributed by atoms with Crippen molar-refractivity contribution in [3.05, 3.63) is 59.7 Å². The Balaban J connectivity index is 1.99. The summed E-state index contributed by atoms with van der Waals surface area (Å²) in [6, 6.07) is 5.84. The van der Waals surface area contributed by atoms with E-state index < -0.39 is 5.92 Å². The fraction of sp³-hybridized carbons (Fsp3) is 0.250. The average Bonchev–Trinajstić information content (AvgIpc) is 2.62. The maximum absolute atomic E-state index is 13.3. The molecular weight excluding hydrogens is 332 g/mol. The molecule has 132 valence electrons. The third-order valence-corrected chi connectivity index (χ3v) is 3.13. The first-order valence-electron chi connectivity index (χ1n) is 7.28.